The predicted octanol–water partition coefficient (Wildman–Crippen LogP) is 2.84. The fourth-order valence-corrected chi connectivity index (χ4v) is 1.81. The summed E-state index contributed by atoms with van der Waals surface area (Å²) in [6, 6.07) is 10.3. The third-order valence-corrected chi connectivity index (χ3v) is 2.86. The molecule has 1 nitrogen and oxygen atoms in total. The van der Waals surface area contributed by atoms with Crippen molar-refractivity contribution in [1.82, 2.24) is 5.73 Å². The van der Waals surface area contributed by atoms with E-state index in [1.54, 1.807) is 11.8 Å². The number of hydrogen-bond acceptors (Lipinski definition) is 1. The van der Waals surface area contributed by atoms with Crippen LogP contribution in [0.1, 0.15) is 13.3 Å². The molecule has 12 heavy (non-hydrogen) atoms. The highest BCUT2D eigenvalue weighted by atomic mass is 32.2. The molecule has 0 aliphatic rings. The Hall–Kier alpha value is -0.470. The van der Waals surface area contributed by atoms with Crippen LogP contribution in [0.15, 0.2) is 35.2 Å². The second-order valence-corrected chi connectivity index (χ2v) is 3.82. The van der Waals surface area contributed by atoms with Gasteiger partial charge in [0.2, 0.25) is 0 Å². The predicted molar refractivity (Wildman–Crippen MR) is 54.3 cm³/mol. The van der Waals surface area contributed by atoms with Gasteiger partial charge < -0.3 is 0 Å². The van der Waals surface area contributed by atoms with Gasteiger partial charge in [-0.15, -0.1) is 11.8 Å². The number of nitrogens with one attached hydrogen (secondary N) is 1. The Bertz CT molecular complexity index is 210. The summed E-state index contributed by atoms with van der Waals surface area (Å²) in [6.07, 6.45) is 0.944. The van der Waals surface area contributed by atoms with Crippen LogP contribution in [-0.2, 0) is 0 Å². The molecule has 0 aromatic heterocycles. The maximum absolute atomic E-state index is 7.55. The summed E-state index contributed by atoms with van der Waals surface area (Å²) in [5, 5.41) is 0. The smallest absolute Gasteiger partial charge is 0.0304 e. The van der Waals surface area contributed by atoms with E-state index in [1.165, 1.54) is 4.90 Å². The maximum Gasteiger partial charge on any atom is 0.0304 e. The minimum Gasteiger partial charge on any atom is -0.254 e. The number of hydrogen-bond donors (Lipinski definition) is 0. The molecule has 0 saturated carbocycles. The lowest BCUT2D eigenvalue weighted by atomic mass is 10.3. The SMILES string of the molecule is CC[C@H]([NH])CSc1ccccc1. The van der Waals surface area contributed by atoms with Gasteiger partial charge in [-0.05, 0) is 18.6 Å². The van der Waals surface area contributed by atoms with Gasteiger partial charge in [-0.2, -0.15) is 0 Å². The lowest BCUT2D eigenvalue weighted by molar-refractivity contribution is 0.702. The van der Waals surface area contributed by atoms with Gasteiger partial charge in [0.1, 0.15) is 0 Å². The molecule has 1 N–H and O–H groups in total. The Morgan fingerprint density at radius 1 is 1.33 bits per heavy atom. The number of benzene rings is 1. The molecule has 1 radical (unpaired) electrons. The molecule has 2 heteroatoms. The van der Waals surface area contributed by atoms with Crippen molar-refractivity contribution < 1.29 is 0 Å². The topological polar surface area (TPSA) is 23.8 Å². The van der Waals surface area contributed by atoms with Crippen LogP contribution in [0.2, 0.25) is 0 Å². The van der Waals surface area contributed by atoms with E-state index in [2.05, 4.69) is 19.1 Å². The van der Waals surface area contributed by atoms with Crippen molar-refractivity contribution in [1.29, 1.82) is 0 Å². The van der Waals surface area contributed by atoms with Crippen molar-refractivity contribution in [2.75, 3.05) is 5.75 Å². The van der Waals surface area contributed by atoms with E-state index >= 15 is 0 Å². The van der Waals surface area contributed by atoms with E-state index in [1.807, 2.05) is 18.2 Å². The Labute approximate surface area is 78.4 Å². The van der Waals surface area contributed by atoms with Gasteiger partial charge in [-0.3, -0.25) is 5.73 Å². The van der Waals surface area contributed by atoms with Crippen LogP contribution < -0.4 is 5.73 Å². The molecule has 65 valence electrons. The van der Waals surface area contributed by atoms with Crippen molar-refractivity contribution in [2.24, 2.45) is 0 Å². The Balaban J connectivity index is 2.33. The second kappa shape index (κ2) is 5.22. The zero-order valence-corrected chi connectivity index (χ0v) is 8.10. The summed E-state index contributed by atoms with van der Waals surface area (Å²) in [7, 11) is 0. The van der Waals surface area contributed by atoms with E-state index < -0.39 is 0 Å². The zero-order valence-electron chi connectivity index (χ0n) is 7.29. The molecule has 0 aliphatic carbocycles. The van der Waals surface area contributed by atoms with Crippen LogP contribution in [-0.4, -0.2) is 11.8 Å². The van der Waals surface area contributed by atoms with Crippen LogP contribution in [0.5, 0.6) is 0 Å². The molecule has 0 fully saturated rings. The quantitative estimate of drug-likeness (QED) is 0.654. The van der Waals surface area contributed by atoms with Crippen molar-refractivity contribution in [3.8, 4) is 0 Å². The highest BCUT2D eigenvalue weighted by Gasteiger charge is 1.99. The molecule has 1 aromatic rings. The first kappa shape index (κ1) is 9.62. The minimum atomic E-state index is 0.0789. The van der Waals surface area contributed by atoms with Gasteiger partial charge in [0.05, 0.1) is 0 Å². The molecule has 1 atom stereocenters. The van der Waals surface area contributed by atoms with E-state index in [0.717, 1.165) is 12.2 Å². The monoisotopic (exact) mass is 180 g/mol. The van der Waals surface area contributed by atoms with Crippen molar-refractivity contribution in [3.63, 3.8) is 0 Å². The van der Waals surface area contributed by atoms with Crippen molar-refractivity contribution >= 4 is 11.8 Å². The summed E-state index contributed by atoms with van der Waals surface area (Å²) in [4.78, 5) is 1.27. The van der Waals surface area contributed by atoms with E-state index in [0.29, 0.717) is 0 Å². The molecule has 0 unspecified atom stereocenters. The third-order valence-electron chi connectivity index (χ3n) is 1.69. The number of rotatable bonds is 4. The summed E-state index contributed by atoms with van der Waals surface area (Å²) < 4.78 is 0. The fourth-order valence-electron chi connectivity index (χ4n) is 0.831. The average Bonchev–Trinajstić information content (AvgIpc) is 2.16. The van der Waals surface area contributed by atoms with Gasteiger partial charge in [0.25, 0.3) is 0 Å². The second-order valence-electron chi connectivity index (χ2n) is 2.73. The Morgan fingerprint density at radius 3 is 2.58 bits per heavy atom. The Kier molecular flexibility index (Phi) is 4.19. The molecule has 0 aliphatic heterocycles. The molecular weight excluding hydrogens is 166 g/mol. The highest BCUT2D eigenvalue weighted by molar-refractivity contribution is 7.99. The van der Waals surface area contributed by atoms with Crippen molar-refractivity contribution in [2.45, 2.75) is 24.3 Å². The molecule has 1 rings (SSSR count). The fraction of sp³-hybridized carbons (Fsp3) is 0.400. The molecule has 0 heterocycles. The summed E-state index contributed by atoms with van der Waals surface area (Å²) >= 11 is 1.77. The lowest BCUT2D eigenvalue weighted by Crippen LogP contribution is -2.09. The van der Waals surface area contributed by atoms with Crippen LogP contribution in [0.3, 0.4) is 0 Å². The molecule has 0 amide bonds. The highest BCUT2D eigenvalue weighted by Crippen LogP contribution is 2.18. The summed E-state index contributed by atoms with van der Waals surface area (Å²) in [5.74, 6) is 0.903. The Morgan fingerprint density at radius 2 is 2.00 bits per heavy atom. The largest absolute Gasteiger partial charge is 0.254 e. The van der Waals surface area contributed by atoms with E-state index in [-0.39, 0.29) is 6.04 Å². The van der Waals surface area contributed by atoms with Gasteiger partial charge in [0, 0.05) is 16.7 Å². The van der Waals surface area contributed by atoms with Gasteiger partial charge in [0.15, 0.2) is 0 Å². The van der Waals surface area contributed by atoms with Gasteiger partial charge in [-0.25, -0.2) is 0 Å². The van der Waals surface area contributed by atoms with Crippen LogP contribution >= 0.6 is 11.8 Å². The third kappa shape index (κ3) is 3.28. The molecule has 0 saturated heterocycles. The van der Waals surface area contributed by atoms with Crippen LogP contribution in [0.4, 0.5) is 0 Å². The summed E-state index contributed by atoms with van der Waals surface area (Å²) in [6.45, 7) is 2.06. The lowest BCUT2D eigenvalue weighted by Gasteiger charge is -2.06. The first-order valence-corrected chi connectivity index (χ1v) is 5.20. The minimum absolute atomic E-state index is 0.0789. The first-order valence-electron chi connectivity index (χ1n) is 4.22. The standard InChI is InChI=1S/C10H14NS/c1-2-9(11)8-12-10-6-4-3-5-7-10/h3-7,9,11H,2,8H2,1H3/t9-/m0/s1. The van der Waals surface area contributed by atoms with Gasteiger partial charge >= 0.3 is 0 Å². The van der Waals surface area contributed by atoms with E-state index in [9.17, 15) is 0 Å². The van der Waals surface area contributed by atoms with Crippen LogP contribution in [0.25, 0.3) is 0 Å². The first-order chi connectivity index (χ1) is 5.83. The summed E-state index contributed by atoms with van der Waals surface area (Å²) in [5.41, 5.74) is 7.55. The number of thioether (sulfide) groups is 1. The maximum atomic E-state index is 7.55. The van der Waals surface area contributed by atoms with E-state index in [4.69, 9.17) is 5.73 Å². The average molecular weight is 180 g/mol. The molecule has 1 aromatic carbocycles. The van der Waals surface area contributed by atoms with Crippen LogP contribution in [0, 0.1) is 0 Å². The molecule has 0 bridgehead atoms. The molecule has 0 spiro atoms. The molecular formula is C10H14NS. The van der Waals surface area contributed by atoms with Crippen molar-refractivity contribution in [3.05, 3.63) is 30.3 Å². The van der Waals surface area contributed by atoms with Gasteiger partial charge in [-0.1, -0.05) is 25.1 Å². The normalized spacial score (nSPS) is 12.8. The zero-order chi connectivity index (χ0) is 8.81.